The van der Waals surface area contributed by atoms with Crippen molar-refractivity contribution in [3.63, 3.8) is 0 Å². The summed E-state index contributed by atoms with van der Waals surface area (Å²) in [5, 5.41) is 9.14. The van der Waals surface area contributed by atoms with Crippen LogP contribution in [-0.4, -0.2) is 48.3 Å². The molecule has 6 heteroatoms. The maximum absolute atomic E-state index is 12.6. The molecule has 1 saturated heterocycles. The van der Waals surface area contributed by atoms with Gasteiger partial charge in [-0.3, -0.25) is 4.79 Å². The topological polar surface area (TPSA) is 75.8 Å². The molecule has 1 heterocycles. The third kappa shape index (κ3) is 3.20. The fourth-order valence-electron chi connectivity index (χ4n) is 2.26. The number of carbonyl (C=O) groups excluding carboxylic acids is 1. The third-order valence-electron chi connectivity index (χ3n) is 3.52. The molecule has 0 radical (unpaired) electrons. The number of amides is 1. The number of aliphatic hydroxyl groups is 1. The number of hydrogen-bond acceptors (Lipinski definition) is 4. The Morgan fingerprint density at radius 3 is 2.80 bits per heavy atom. The predicted molar refractivity (Wildman–Crippen MR) is 79.1 cm³/mol. The summed E-state index contributed by atoms with van der Waals surface area (Å²) in [4.78, 5) is 14.3. The average molecular weight is 343 g/mol. The Bertz CT molecular complexity index is 476. The molecule has 0 bridgehead atoms. The molecule has 2 atom stereocenters. The van der Waals surface area contributed by atoms with Gasteiger partial charge in [0, 0.05) is 17.6 Å². The van der Waals surface area contributed by atoms with Crippen molar-refractivity contribution in [2.24, 2.45) is 5.73 Å². The Balaban J connectivity index is 2.16. The predicted octanol–water partition coefficient (Wildman–Crippen LogP) is 0.843. The number of nitrogens with zero attached hydrogens (tertiary/aromatic N) is 1. The summed E-state index contributed by atoms with van der Waals surface area (Å²) >= 11 is 3.36. The molecule has 1 aromatic rings. The van der Waals surface area contributed by atoms with Crippen molar-refractivity contribution < 1.29 is 14.6 Å². The van der Waals surface area contributed by atoms with E-state index in [1.807, 2.05) is 24.3 Å². The van der Waals surface area contributed by atoms with Gasteiger partial charge in [0.05, 0.1) is 19.3 Å². The van der Waals surface area contributed by atoms with Crippen molar-refractivity contribution in [3.8, 4) is 0 Å². The van der Waals surface area contributed by atoms with E-state index in [4.69, 9.17) is 15.6 Å². The second-order valence-electron chi connectivity index (χ2n) is 5.14. The maximum atomic E-state index is 12.6. The Morgan fingerprint density at radius 1 is 1.55 bits per heavy atom. The molecule has 1 aliphatic rings. The lowest BCUT2D eigenvalue weighted by Crippen LogP contribution is -2.56. The lowest BCUT2D eigenvalue weighted by atomic mass is 9.91. The minimum absolute atomic E-state index is 0.0939. The van der Waals surface area contributed by atoms with Gasteiger partial charge in [0.2, 0.25) is 5.91 Å². The van der Waals surface area contributed by atoms with E-state index in [0.29, 0.717) is 19.7 Å². The Labute approximate surface area is 126 Å². The van der Waals surface area contributed by atoms with Crippen LogP contribution in [0.15, 0.2) is 28.7 Å². The summed E-state index contributed by atoms with van der Waals surface area (Å²) < 4.78 is 6.29. The molecule has 0 saturated carbocycles. The lowest BCUT2D eigenvalue weighted by Gasteiger charge is -2.37. The first-order chi connectivity index (χ1) is 9.45. The van der Waals surface area contributed by atoms with Crippen LogP contribution >= 0.6 is 15.9 Å². The number of carbonyl (C=O) groups is 1. The summed E-state index contributed by atoms with van der Waals surface area (Å²) in [7, 11) is 0. The van der Waals surface area contributed by atoms with Crippen LogP contribution in [0.5, 0.6) is 0 Å². The van der Waals surface area contributed by atoms with Gasteiger partial charge in [-0.05, 0) is 24.6 Å². The van der Waals surface area contributed by atoms with Crippen molar-refractivity contribution in [1.29, 1.82) is 0 Å². The van der Waals surface area contributed by atoms with E-state index in [1.54, 1.807) is 11.8 Å². The molecular weight excluding hydrogens is 324 g/mol. The van der Waals surface area contributed by atoms with Gasteiger partial charge < -0.3 is 20.5 Å². The van der Waals surface area contributed by atoms with Gasteiger partial charge in [-0.1, -0.05) is 28.1 Å². The van der Waals surface area contributed by atoms with E-state index in [2.05, 4.69) is 15.9 Å². The maximum Gasteiger partial charge on any atom is 0.247 e. The number of aliphatic hydroxyl groups excluding tert-OH is 1. The number of hydrogen-bond donors (Lipinski definition) is 2. The molecule has 2 unspecified atom stereocenters. The molecule has 0 aliphatic carbocycles. The molecule has 2 rings (SSSR count). The average Bonchev–Trinajstić information content (AvgIpc) is 2.47. The molecule has 3 N–H and O–H groups in total. The van der Waals surface area contributed by atoms with Gasteiger partial charge in [0.1, 0.15) is 5.54 Å². The van der Waals surface area contributed by atoms with Crippen molar-refractivity contribution in [2.75, 3.05) is 26.3 Å². The van der Waals surface area contributed by atoms with Crippen LogP contribution in [0.4, 0.5) is 0 Å². The Morgan fingerprint density at radius 2 is 2.20 bits per heavy atom. The summed E-state index contributed by atoms with van der Waals surface area (Å²) in [5.74, 6) is -0.151. The smallest absolute Gasteiger partial charge is 0.247 e. The molecule has 110 valence electrons. The van der Waals surface area contributed by atoms with Gasteiger partial charge >= 0.3 is 0 Å². The minimum Gasteiger partial charge on any atom is -0.394 e. The van der Waals surface area contributed by atoms with Gasteiger partial charge in [0.25, 0.3) is 0 Å². The lowest BCUT2D eigenvalue weighted by molar-refractivity contribution is -0.145. The highest BCUT2D eigenvalue weighted by atomic mass is 79.9. The monoisotopic (exact) mass is 342 g/mol. The van der Waals surface area contributed by atoms with Crippen molar-refractivity contribution in [1.82, 2.24) is 4.90 Å². The SMILES string of the molecule is CC(N)(C(=O)N1CCOC(CO)C1)c1ccc(Br)cc1. The zero-order valence-electron chi connectivity index (χ0n) is 11.4. The third-order valence-corrected chi connectivity index (χ3v) is 4.05. The number of rotatable bonds is 3. The highest BCUT2D eigenvalue weighted by molar-refractivity contribution is 9.10. The van der Waals surface area contributed by atoms with Crippen molar-refractivity contribution >= 4 is 21.8 Å². The molecule has 5 nitrogen and oxygen atoms in total. The number of ether oxygens (including phenoxy) is 1. The Kier molecular flexibility index (Phi) is 4.80. The summed E-state index contributed by atoms with van der Waals surface area (Å²) in [5.41, 5.74) is 5.92. The highest BCUT2D eigenvalue weighted by Gasteiger charge is 2.36. The summed E-state index contributed by atoms with van der Waals surface area (Å²) in [6, 6.07) is 7.41. The van der Waals surface area contributed by atoms with Crippen LogP contribution in [0, 0.1) is 0 Å². The van der Waals surface area contributed by atoms with Crippen LogP contribution in [0.25, 0.3) is 0 Å². The van der Waals surface area contributed by atoms with Gasteiger partial charge in [0.15, 0.2) is 0 Å². The first kappa shape index (κ1) is 15.4. The first-order valence-corrected chi connectivity index (χ1v) is 7.31. The van der Waals surface area contributed by atoms with Gasteiger partial charge in [-0.25, -0.2) is 0 Å². The quantitative estimate of drug-likeness (QED) is 0.853. The largest absolute Gasteiger partial charge is 0.394 e. The summed E-state index contributed by atoms with van der Waals surface area (Å²) in [6.07, 6.45) is -0.326. The second kappa shape index (κ2) is 6.22. The number of morpholine rings is 1. The van der Waals surface area contributed by atoms with Gasteiger partial charge in [-0.15, -0.1) is 0 Å². The number of halogens is 1. The summed E-state index contributed by atoms with van der Waals surface area (Å²) in [6.45, 7) is 2.91. The van der Waals surface area contributed by atoms with Crippen LogP contribution in [0.1, 0.15) is 12.5 Å². The number of benzene rings is 1. The Hall–Kier alpha value is -0.950. The molecule has 0 spiro atoms. The van der Waals surface area contributed by atoms with Crippen LogP contribution in [-0.2, 0) is 15.1 Å². The standard InChI is InChI=1S/C14H19BrN2O3/c1-14(16,10-2-4-11(15)5-3-10)13(19)17-6-7-20-12(8-17)9-18/h2-5,12,18H,6-9,16H2,1H3. The van der Waals surface area contributed by atoms with E-state index in [0.717, 1.165) is 10.0 Å². The normalized spacial score (nSPS) is 22.4. The molecule has 1 fully saturated rings. The van der Waals surface area contributed by atoms with Crippen molar-refractivity contribution in [2.45, 2.75) is 18.6 Å². The van der Waals surface area contributed by atoms with Crippen molar-refractivity contribution in [3.05, 3.63) is 34.3 Å². The second-order valence-corrected chi connectivity index (χ2v) is 6.05. The fourth-order valence-corrected chi connectivity index (χ4v) is 2.53. The zero-order chi connectivity index (χ0) is 14.8. The van der Waals surface area contributed by atoms with E-state index >= 15 is 0 Å². The zero-order valence-corrected chi connectivity index (χ0v) is 13.0. The highest BCUT2D eigenvalue weighted by Crippen LogP contribution is 2.23. The molecule has 0 aromatic heterocycles. The number of nitrogens with two attached hydrogens (primary N) is 1. The molecule has 20 heavy (non-hydrogen) atoms. The molecule has 1 aliphatic heterocycles. The van der Waals surface area contributed by atoms with E-state index in [9.17, 15) is 4.79 Å². The fraction of sp³-hybridized carbons (Fsp3) is 0.500. The molecule has 1 amide bonds. The van der Waals surface area contributed by atoms with E-state index in [1.165, 1.54) is 0 Å². The van der Waals surface area contributed by atoms with Crippen LogP contribution < -0.4 is 5.73 Å². The van der Waals surface area contributed by atoms with E-state index in [-0.39, 0.29) is 18.6 Å². The van der Waals surface area contributed by atoms with Crippen LogP contribution in [0.2, 0.25) is 0 Å². The first-order valence-electron chi connectivity index (χ1n) is 6.52. The van der Waals surface area contributed by atoms with Crippen LogP contribution in [0.3, 0.4) is 0 Å². The minimum atomic E-state index is -1.09. The van der Waals surface area contributed by atoms with E-state index < -0.39 is 5.54 Å². The molecular formula is C14H19BrN2O3. The molecule has 1 aromatic carbocycles. The van der Waals surface area contributed by atoms with Gasteiger partial charge in [-0.2, -0.15) is 0 Å².